The highest BCUT2D eigenvalue weighted by atomic mass is 19.4. The van der Waals surface area contributed by atoms with Crippen LogP contribution in [0, 0.1) is 0 Å². The SMILES string of the molecule is FC(F)(F)c1ccccc1CCc1cc(OCc2ccccc2)c(OCc2ccccc2)nn1. The molecule has 4 aromatic rings. The van der Waals surface area contributed by atoms with Gasteiger partial charge in [0.2, 0.25) is 0 Å². The van der Waals surface area contributed by atoms with Crippen molar-refractivity contribution in [3.8, 4) is 11.6 Å². The van der Waals surface area contributed by atoms with Gasteiger partial charge >= 0.3 is 6.18 Å². The quantitative estimate of drug-likeness (QED) is 0.286. The highest BCUT2D eigenvalue weighted by Gasteiger charge is 2.32. The molecule has 4 rings (SSSR count). The molecule has 1 heterocycles. The zero-order chi connectivity index (χ0) is 23.8. The molecule has 4 nitrogen and oxygen atoms in total. The Kier molecular flexibility index (Phi) is 7.42. The summed E-state index contributed by atoms with van der Waals surface area (Å²) in [6.45, 7) is 0.583. The van der Waals surface area contributed by atoms with E-state index in [0.29, 0.717) is 18.1 Å². The first kappa shape index (κ1) is 23.3. The molecule has 0 saturated heterocycles. The van der Waals surface area contributed by atoms with Crippen LogP contribution in [0.1, 0.15) is 27.9 Å². The summed E-state index contributed by atoms with van der Waals surface area (Å²) in [6, 6.07) is 26.5. The van der Waals surface area contributed by atoms with E-state index < -0.39 is 11.7 Å². The summed E-state index contributed by atoms with van der Waals surface area (Å²) in [5, 5.41) is 8.35. The number of rotatable bonds is 9. The first-order valence-corrected chi connectivity index (χ1v) is 10.8. The maximum absolute atomic E-state index is 13.3. The summed E-state index contributed by atoms with van der Waals surface area (Å²) in [7, 11) is 0. The predicted molar refractivity (Wildman–Crippen MR) is 122 cm³/mol. The molecule has 174 valence electrons. The second-order valence-corrected chi connectivity index (χ2v) is 7.71. The summed E-state index contributed by atoms with van der Waals surface area (Å²) in [5.74, 6) is 0.633. The van der Waals surface area contributed by atoms with Gasteiger partial charge in [-0.15, -0.1) is 5.10 Å². The Hall–Kier alpha value is -3.87. The molecule has 0 spiro atoms. The lowest BCUT2D eigenvalue weighted by molar-refractivity contribution is -0.138. The molecular formula is C27H23F3N2O2. The lowest BCUT2D eigenvalue weighted by atomic mass is 10.0. The van der Waals surface area contributed by atoms with Gasteiger partial charge < -0.3 is 9.47 Å². The van der Waals surface area contributed by atoms with Gasteiger partial charge in [0.15, 0.2) is 5.75 Å². The second-order valence-electron chi connectivity index (χ2n) is 7.71. The summed E-state index contributed by atoms with van der Waals surface area (Å²) in [5.41, 5.74) is 2.03. The Morgan fingerprint density at radius 3 is 1.88 bits per heavy atom. The lowest BCUT2D eigenvalue weighted by Gasteiger charge is -2.14. The van der Waals surface area contributed by atoms with Gasteiger partial charge in [0, 0.05) is 6.07 Å². The van der Waals surface area contributed by atoms with E-state index in [2.05, 4.69) is 10.2 Å². The monoisotopic (exact) mass is 464 g/mol. The Bertz CT molecular complexity index is 1200. The summed E-state index contributed by atoms with van der Waals surface area (Å²) < 4.78 is 51.8. The van der Waals surface area contributed by atoms with Crippen LogP contribution in [0.25, 0.3) is 0 Å². The maximum atomic E-state index is 13.3. The average molecular weight is 464 g/mol. The van der Waals surface area contributed by atoms with E-state index in [4.69, 9.17) is 9.47 Å². The van der Waals surface area contributed by atoms with Crippen LogP contribution in [0.15, 0.2) is 91.0 Å². The van der Waals surface area contributed by atoms with Crippen molar-refractivity contribution in [2.75, 3.05) is 0 Å². The minimum atomic E-state index is -4.40. The number of halogens is 3. The zero-order valence-corrected chi connectivity index (χ0v) is 18.3. The van der Waals surface area contributed by atoms with Crippen LogP contribution >= 0.6 is 0 Å². The fourth-order valence-corrected chi connectivity index (χ4v) is 3.47. The number of nitrogens with zero attached hydrogens (tertiary/aromatic N) is 2. The third-order valence-electron chi connectivity index (χ3n) is 5.21. The summed E-state index contributed by atoms with van der Waals surface area (Å²) in [6.07, 6.45) is -3.95. The van der Waals surface area contributed by atoms with Crippen molar-refractivity contribution < 1.29 is 22.6 Å². The molecule has 1 aromatic heterocycles. The van der Waals surface area contributed by atoms with Crippen LogP contribution in [-0.4, -0.2) is 10.2 Å². The van der Waals surface area contributed by atoms with Crippen LogP contribution in [0.2, 0.25) is 0 Å². The van der Waals surface area contributed by atoms with Crippen molar-refractivity contribution in [3.63, 3.8) is 0 Å². The van der Waals surface area contributed by atoms with Gasteiger partial charge in [0.05, 0.1) is 11.3 Å². The van der Waals surface area contributed by atoms with E-state index in [0.717, 1.165) is 17.2 Å². The third-order valence-corrected chi connectivity index (χ3v) is 5.21. The second kappa shape index (κ2) is 10.8. The van der Waals surface area contributed by atoms with Crippen LogP contribution in [0.5, 0.6) is 11.6 Å². The standard InChI is InChI=1S/C27H23F3N2O2/c28-27(29,30)24-14-8-7-13-22(24)15-16-23-17-25(33-18-20-9-3-1-4-10-20)26(32-31-23)34-19-21-11-5-2-6-12-21/h1-14,17H,15-16,18-19H2. The van der Waals surface area contributed by atoms with Crippen molar-refractivity contribution in [1.82, 2.24) is 10.2 Å². The van der Waals surface area contributed by atoms with Crippen LogP contribution in [0.4, 0.5) is 13.2 Å². The third kappa shape index (κ3) is 6.34. The van der Waals surface area contributed by atoms with E-state index in [9.17, 15) is 13.2 Å². The molecule has 0 bridgehead atoms. The molecule has 0 aliphatic rings. The van der Waals surface area contributed by atoms with Crippen LogP contribution in [-0.2, 0) is 32.2 Å². The van der Waals surface area contributed by atoms with Crippen LogP contribution < -0.4 is 9.47 Å². The van der Waals surface area contributed by atoms with Crippen LogP contribution in [0.3, 0.4) is 0 Å². The summed E-state index contributed by atoms with van der Waals surface area (Å²) >= 11 is 0. The van der Waals surface area contributed by atoms with E-state index in [1.807, 2.05) is 60.7 Å². The molecule has 34 heavy (non-hydrogen) atoms. The van der Waals surface area contributed by atoms with Gasteiger partial charge in [-0.1, -0.05) is 78.9 Å². The Morgan fingerprint density at radius 2 is 1.24 bits per heavy atom. The molecule has 0 aliphatic heterocycles. The number of benzene rings is 3. The minimum absolute atomic E-state index is 0.173. The largest absolute Gasteiger partial charge is 0.483 e. The number of hydrogen-bond donors (Lipinski definition) is 0. The maximum Gasteiger partial charge on any atom is 0.416 e. The topological polar surface area (TPSA) is 44.2 Å². The normalized spacial score (nSPS) is 11.3. The number of hydrogen-bond acceptors (Lipinski definition) is 4. The Morgan fingerprint density at radius 1 is 0.647 bits per heavy atom. The fraction of sp³-hybridized carbons (Fsp3) is 0.185. The van der Waals surface area contributed by atoms with Crippen molar-refractivity contribution in [2.24, 2.45) is 0 Å². The van der Waals surface area contributed by atoms with Gasteiger partial charge in [-0.25, -0.2) is 0 Å². The molecule has 0 N–H and O–H groups in total. The van der Waals surface area contributed by atoms with Crippen molar-refractivity contribution in [2.45, 2.75) is 32.2 Å². The first-order chi connectivity index (χ1) is 16.5. The molecule has 0 unspecified atom stereocenters. The first-order valence-electron chi connectivity index (χ1n) is 10.8. The zero-order valence-electron chi connectivity index (χ0n) is 18.3. The van der Waals surface area contributed by atoms with E-state index in [1.54, 1.807) is 12.1 Å². The highest BCUT2D eigenvalue weighted by Crippen LogP contribution is 2.33. The average Bonchev–Trinajstić information content (AvgIpc) is 2.86. The fourth-order valence-electron chi connectivity index (χ4n) is 3.47. The molecule has 0 fully saturated rings. The lowest BCUT2D eigenvalue weighted by Crippen LogP contribution is -2.10. The minimum Gasteiger partial charge on any atom is -0.483 e. The van der Waals surface area contributed by atoms with Crippen molar-refractivity contribution in [1.29, 1.82) is 0 Å². The van der Waals surface area contributed by atoms with Crippen molar-refractivity contribution in [3.05, 3.63) is 119 Å². The molecule has 0 aliphatic carbocycles. The van der Waals surface area contributed by atoms with E-state index >= 15 is 0 Å². The van der Waals surface area contributed by atoms with Gasteiger partial charge in [0.1, 0.15) is 13.2 Å². The molecule has 0 radical (unpaired) electrons. The molecule has 0 atom stereocenters. The van der Waals surface area contributed by atoms with Gasteiger partial charge in [0.25, 0.3) is 5.88 Å². The van der Waals surface area contributed by atoms with Gasteiger partial charge in [-0.3, -0.25) is 0 Å². The number of aryl methyl sites for hydroxylation is 2. The highest BCUT2D eigenvalue weighted by molar-refractivity contribution is 5.35. The molecule has 0 amide bonds. The molecular weight excluding hydrogens is 441 g/mol. The Balaban J connectivity index is 1.51. The van der Waals surface area contributed by atoms with Gasteiger partial charge in [-0.2, -0.15) is 18.3 Å². The van der Waals surface area contributed by atoms with E-state index in [1.165, 1.54) is 12.1 Å². The molecule has 0 saturated carbocycles. The van der Waals surface area contributed by atoms with E-state index in [-0.39, 0.29) is 30.9 Å². The van der Waals surface area contributed by atoms with Crippen molar-refractivity contribution >= 4 is 0 Å². The predicted octanol–water partition coefficient (Wildman–Crippen LogP) is 6.44. The number of ether oxygens (including phenoxy) is 2. The number of aromatic nitrogens is 2. The molecule has 7 heteroatoms. The number of alkyl halides is 3. The summed E-state index contributed by atoms with van der Waals surface area (Å²) in [4.78, 5) is 0. The smallest absolute Gasteiger partial charge is 0.416 e. The molecule has 3 aromatic carbocycles. The Labute approximate surface area is 196 Å². The van der Waals surface area contributed by atoms with Gasteiger partial charge in [-0.05, 0) is 35.6 Å².